The van der Waals surface area contributed by atoms with Crippen LogP contribution in [-0.2, 0) is 0 Å². The monoisotopic (exact) mass is 569 g/mol. The number of fused-ring (bicyclic) bond motifs is 2. The summed E-state index contributed by atoms with van der Waals surface area (Å²) in [6.07, 6.45) is 6.06. The number of thiol groups is 1. The predicted molar refractivity (Wildman–Crippen MR) is 153 cm³/mol. The fourth-order valence-corrected chi connectivity index (χ4v) is 6.62. The first-order chi connectivity index (χ1) is 17.9. The lowest BCUT2D eigenvalue weighted by atomic mass is 10.1. The molecule has 0 aliphatic heterocycles. The molecule has 1 unspecified atom stereocenters. The van der Waals surface area contributed by atoms with E-state index < -0.39 is 4.92 Å². The molecule has 0 bridgehead atoms. The molecule has 4 heterocycles. The van der Waals surface area contributed by atoms with Crippen LogP contribution in [0.25, 0.3) is 16.7 Å². The van der Waals surface area contributed by atoms with Crippen LogP contribution >= 0.6 is 47.9 Å². The number of H-pyrrole nitrogens is 1. The summed E-state index contributed by atoms with van der Waals surface area (Å²) in [5, 5.41) is 16.0. The molecule has 190 valence electrons. The number of hydrogen-bond acceptors (Lipinski definition) is 10. The molecule has 1 aromatic carbocycles. The molecule has 9 nitrogen and oxygen atoms in total. The lowest BCUT2D eigenvalue weighted by Gasteiger charge is -2.14. The third-order valence-electron chi connectivity index (χ3n) is 5.72. The third-order valence-corrected chi connectivity index (χ3v) is 9.19. The maximum atomic E-state index is 11.1. The zero-order valence-corrected chi connectivity index (χ0v) is 23.3. The van der Waals surface area contributed by atoms with E-state index >= 15 is 0 Å². The molecule has 0 saturated carbocycles. The van der Waals surface area contributed by atoms with Crippen molar-refractivity contribution in [3.8, 4) is 0 Å². The third kappa shape index (κ3) is 5.59. The van der Waals surface area contributed by atoms with E-state index in [0.29, 0.717) is 5.65 Å². The summed E-state index contributed by atoms with van der Waals surface area (Å²) in [4.78, 5) is 29.8. The molecule has 37 heavy (non-hydrogen) atoms. The number of imidazole rings is 2. The number of nitrogens with zero attached hydrogens (tertiary/aromatic N) is 6. The van der Waals surface area contributed by atoms with E-state index in [2.05, 4.69) is 45.4 Å². The van der Waals surface area contributed by atoms with Crippen molar-refractivity contribution in [2.75, 3.05) is 17.8 Å². The van der Waals surface area contributed by atoms with Crippen molar-refractivity contribution in [1.29, 1.82) is 0 Å². The number of hydrogen-bond donors (Lipinski definition) is 2. The van der Waals surface area contributed by atoms with Crippen molar-refractivity contribution < 1.29 is 4.92 Å². The second kappa shape index (κ2) is 11.3. The standard InChI is InChI=1S/C24H23N7O2S4/c1-14-18(36-10-3-11-37-20-7-6-19-26-13-21(31(32)33)30(19)29-20)8-9-25-22(14)23(34)24-27-16-5-4-15(35-2)12-17(16)28-24/h4-9,12-13,23,34H,3,10-11H2,1-2H3,(H,27,28). The summed E-state index contributed by atoms with van der Waals surface area (Å²) < 4.78 is 1.27. The van der Waals surface area contributed by atoms with E-state index in [0.717, 1.165) is 51.1 Å². The van der Waals surface area contributed by atoms with Gasteiger partial charge in [0, 0.05) is 27.8 Å². The second-order valence-electron chi connectivity index (χ2n) is 8.09. The van der Waals surface area contributed by atoms with Gasteiger partial charge >= 0.3 is 5.82 Å². The number of aromatic nitrogens is 6. The normalized spacial score (nSPS) is 12.4. The lowest BCUT2D eigenvalue weighted by molar-refractivity contribution is -0.391. The largest absolute Gasteiger partial charge is 0.368 e. The second-order valence-corrected chi connectivity index (χ2v) is 11.7. The van der Waals surface area contributed by atoms with Crippen molar-refractivity contribution in [1.82, 2.24) is 29.5 Å². The molecule has 13 heteroatoms. The summed E-state index contributed by atoms with van der Waals surface area (Å²) in [5.41, 5.74) is 4.38. The number of pyridine rings is 1. The Kier molecular flexibility index (Phi) is 7.93. The first kappa shape index (κ1) is 25.9. The molecule has 5 aromatic rings. The van der Waals surface area contributed by atoms with Crippen LogP contribution in [0.5, 0.6) is 0 Å². The molecule has 1 atom stereocenters. The molecule has 0 saturated heterocycles. The van der Waals surface area contributed by atoms with Gasteiger partial charge in [0.15, 0.2) is 0 Å². The highest BCUT2D eigenvalue weighted by Gasteiger charge is 2.20. The fourth-order valence-electron chi connectivity index (χ4n) is 3.82. The predicted octanol–water partition coefficient (Wildman–Crippen LogP) is 6.23. The van der Waals surface area contributed by atoms with E-state index in [1.54, 1.807) is 41.4 Å². The van der Waals surface area contributed by atoms with Crippen molar-refractivity contribution >= 4 is 70.4 Å². The van der Waals surface area contributed by atoms with E-state index in [1.807, 2.05) is 24.4 Å². The zero-order chi connectivity index (χ0) is 25.9. The van der Waals surface area contributed by atoms with Crippen molar-refractivity contribution in [3.05, 3.63) is 76.0 Å². The van der Waals surface area contributed by atoms with Gasteiger partial charge in [-0.1, -0.05) is 9.61 Å². The fraction of sp³-hybridized carbons (Fsp3) is 0.250. The van der Waals surface area contributed by atoms with Gasteiger partial charge in [0.1, 0.15) is 22.3 Å². The summed E-state index contributed by atoms with van der Waals surface area (Å²) in [6, 6.07) is 11.8. The highest BCUT2D eigenvalue weighted by Crippen LogP contribution is 2.34. The first-order valence-electron chi connectivity index (χ1n) is 11.4. The Morgan fingerprint density at radius 3 is 2.81 bits per heavy atom. The molecule has 5 rings (SSSR count). The van der Waals surface area contributed by atoms with Crippen LogP contribution in [0.3, 0.4) is 0 Å². The maximum absolute atomic E-state index is 11.1. The molecular weight excluding hydrogens is 547 g/mol. The number of nitrogens with one attached hydrogen (secondary N) is 1. The first-order valence-corrected chi connectivity index (χ1v) is 15.1. The van der Waals surface area contributed by atoms with Gasteiger partial charge in [-0.3, -0.25) is 4.98 Å². The van der Waals surface area contributed by atoms with Crippen LogP contribution in [-0.4, -0.2) is 52.2 Å². The van der Waals surface area contributed by atoms with Gasteiger partial charge in [0.2, 0.25) is 5.65 Å². The Morgan fingerprint density at radius 1 is 1.16 bits per heavy atom. The molecular formula is C24H23N7O2S4. The van der Waals surface area contributed by atoms with Crippen molar-refractivity contribution in [2.45, 2.75) is 33.4 Å². The van der Waals surface area contributed by atoms with Crippen LogP contribution in [0.1, 0.15) is 28.8 Å². The van der Waals surface area contributed by atoms with E-state index in [-0.39, 0.29) is 11.1 Å². The van der Waals surface area contributed by atoms with E-state index in [1.165, 1.54) is 20.5 Å². The minimum Gasteiger partial charge on any atom is -0.358 e. The Hall–Kier alpha value is -2.74. The van der Waals surface area contributed by atoms with E-state index in [9.17, 15) is 10.1 Å². The average molecular weight is 570 g/mol. The average Bonchev–Trinajstić information content (AvgIpc) is 3.52. The van der Waals surface area contributed by atoms with Gasteiger partial charge in [-0.05, 0) is 66.2 Å². The van der Waals surface area contributed by atoms with Crippen LogP contribution in [0, 0.1) is 17.0 Å². The quantitative estimate of drug-likeness (QED) is 0.0664. The van der Waals surface area contributed by atoms with Gasteiger partial charge in [-0.2, -0.15) is 12.6 Å². The Balaban J connectivity index is 1.20. The number of rotatable bonds is 10. The summed E-state index contributed by atoms with van der Waals surface area (Å²) >= 11 is 9.92. The SMILES string of the molecule is CSc1ccc2nc(C(S)c3nccc(SCCCSc4ccc5ncc([N+](=O)[O-])n5n4)c3C)[nH]c2c1. The van der Waals surface area contributed by atoms with Crippen LogP contribution in [0.15, 0.2) is 63.6 Å². The summed E-state index contributed by atoms with van der Waals surface area (Å²) in [5.74, 6) is 2.42. The lowest BCUT2D eigenvalue weighted by Crippen LogP contribution is -2.03. The minimum absolute atomic E-state index is 0.133. The molecule has 1 N–H and O–H groups in total. The summed E-state index contributed by atoms with van der Waals surface area (Å²) in [7, 11) is 0. The topological polar surface area (TPSA) is 115 Å². The van der Waals surface area contributed by atoms with Gasteiger partial charge in [-0.15, -0.1) is 35.3 Å². The Morgan fingerprint density at radius 2 is 2.00 bits per heavy atom. The van der Waals surface area contributed by atoms with Gasteiger partial charge in [-0.25, -0.2) is 9.97 Å². The highest BCUT2D eigenvalue weighted by molar-refractivity contribution is 8.00. The van der Waals surface area contributed by atoms with Gasteiger partial charge in [0.05, 0.1) is 16.7 Å². The summed E-state index contributed by atoms with van der Waals surface area (Å²) in [6.45, 7) is 2.08. The molecule has 0 radical (unpaired) electrons. The molecule has 0 fully saturated rings. The molecule has 0 amide bonds. The van der Waals surface area contributed by atoms with Gasteiger partial charge < -0.3 is 15.1 Å². The van der Waals surface area contributed by atoms with Crippen LogP contribution < -0.4 is 0 Å². The number of thioether (sulfide) groups is 3. The number of nitro groups is 1. The molecule has 0 aliphatic carbocycles. The molecule has 0 aliphatic rings. The van der Waals surface area contributed by atoms with Crippen LogP contribution in [0.2, 0.25) is 0 Å². The molecule has 0 spiro atoms. The Bertz CT molecular complexity index is 1590. The highest BCUT2D eigenvalue weighted by atomic mass is 32.2. The number of benzene rings is 1. The maximum Gasteiger partial charge on any atom is 0.368 e. The van der Waals surface area contributed by atoms with Crippen molar-refractivity contribution in [2.24, 2.45) is 0 Å². The van der Waals surface area contributed by atoms with Crippen LogP contribution in [0.4, 0.5) is 5.82 Å². The Labute approximate surface area is 231 Å². The number of aromatic amines is 1. The van der Waals surface area contributed by atoms with Gasteiger partial charge in [0.25, 0.3) is 0 Å². The van der Waals surface area contributed by atoms with Crippen molar-refractivity contribution in [3.63, 3.8) is 0 Å². The smallest absolute Gasteiger partial charge is 0.358 e. The molecule has 4 aromatic heterocycles. The van der Waals surface area contributed by atoms with E-state index in [4.69, 9.17) is 17.6 Å². The zero-order valence-electron chi connectivity index (χ0n) is 20.0. The minimum atomic E-state index is -0.478.